The Morgan fingerprint density at radius 2 is 1.94 bits per heavy atom. The van der Waals surface area contributed by atoms with E-state index in [2.05, 4.69) is 38.3 Å². The van der Waals surface area contributed by atoms with Crippen molar-refractivity contribution < 1.29 is 0 Å². The molecule has 1 fully saturated rings. The molecule has 0 saturated heterocycles. The van der Waals surface area contributed by atoms with Gasteiger partial charge in [0.2, 0.25) is 0 Å². The number of hydrogen-bond donors (Lipinski definition) is 0. The highest BCUT2D eigenvalue weighted by Crippen LogP contribution is 2.41. The van der Waals surface area contributed by atoms with Gasteiger partial charge in [-0.2, -0.15) is 0 Å². The summed E-state index contributed by atoms with van der Waals surface area (Å²) in [5.41, 5.74) is 4.20. The number of allylic oxidation sites excluding steroid dienone is 2. The van der Waals surface area contributed by atoms with Crippen LogP contribution in [0.2, 0.25) is 0 Å². The quantitative estimate of drug-likeness (QED) is 0.385. The van der Waals surface area contributed by atoms with E-state index < -0.39 is 0 Å². The van der Waals surface area contributed by atoms with Crippen LogP contribution in [0, 0.1) is 5.41 Å². The molecule has 88 valence electrons. The van der Waals surface area contributed by atoms with Crippen molar-refractivity contribution in [3.63, 3.8) is 0 Å². The Kier molecular flexibility index (Phi) is 5.19. The lowest BCUT2D eigenvalue weighted by Crippen LogP contribution is -2.30. The van der Waals surface area contributed by atoms with Gasteiger partial charge in [-0.1, -0.05) is 32.4 Å². The van der Waals surface area contributed by atoms with E-state index in [1.165, 1.54) is 32.1 Å². The zero-order valence-electron chi connectivity index (χ0n) is 10.5. The van der Waals surface area contributed by atoms with Crippen molar-refractivity contribution in [3.05, 3.63) is 31.0 Å². The SMILES string of the molecule is C=C=CC1(C(C=C)=NP(C)C)CCCCC1. The maximum Gasteiger partial charge on any atom is 0.0491 e. The molecule has 0 atom stereocenters. The molecule has 1 aliphatic rings. The Bertz CT molecular complexity index is 316. The molecule has 0 aliphatic heterocycles. The van der Waals surface area contributed by atoms with Gasteiger partial charge in [0.25, 0.3) is 0 Å². The average molecular weight is 235 g/mol. The van der Waals surface area contributed by atoms with Crippen molar-refractivity contribution in [2.24, 2.45) is 10.2 Å². The first-order valence-corrected chi connectivity index (χ1v) is 8.09. The van der Waals surface area contributed by atoms with E-state index in [9.17, 15) is 0 Å². The Hall–Kier alpha value is -0.640. The maximum atomic E-state index is 4.77. The van der Waals surface area contributed by atoms with Gasteiger partial charge in [0.1, 0.15) is 0 Å². The highest BCUT2D eigenvalue weighted by molar-refractivity contribution is 7.54. The van der Waals surface area contributed by atoms with Crippen molar-refractivity contribution in [3.8, 4) is 0 Å². The molecule has 0 spiro atoms. The molecule has 1 nitrogen and oxygen atoms in total. The van der Waals surface area contributed by atoms with E-state index in [0.29, 0.717) is 0 Å². The van der Waals surface area contributed by atoms with Crippen LogP contribution in [-0.4, -0.2) is 19.0 Å². The van der Waals surface area contributed by atoms with Gasteiger partial charge in [-0.15, -0.1) is 5.73 Å². The molecule has 0 aromatic rings. The van der Waals surface area contributed by atoms with Crippen LogP contribution in [0.1, 0.15) is 32.1 Å². The van der Waals surface area contributed by atoms with Crippen LogP contribution in [0.4, 0.5) is 0 Å². The van der Waals surface area contributed by atoms with Crippen LogP contribution >= 0.6 is 8.07 Å². The predicted molar refractivity (Wildman–Crippen MR) is 75.6 cm³/mol. The lowest BCUT2D eigenvalue weighted by Gasteiger charge is -2.34. The van der Waals surface area contributed by atoms with Crippen LogP contribution in [0.3, 0.4) is 0 Å². The van der Waals surface area contributed by atoms with Crippen molar-refractivity contribution in [2.45, 2.75) is 32.1 Å². The minimum absolute atomic E-state index is 0.0777. The lowest BCUT2D eigenvalue weighted by molar-refractivity contribution is 0.353. The molecule has 0 radical (unpaired) electrons. The Balaban J connectivity index is 3.07. The maximum absolute atomic E-state index is 4.77. The van der Waals surface area contributed by atoms with Crippen molar-refractivity contribution >= 4 is 13.8 Å². The fraction of sp³-hybridized carbons (Fsp3) is 0.571. The molecule has 1 aliphatic carbocycles. The zero-order valence-corrected chi connectivity index (χ0v) is 11.4. The molecule has 0 unspecified atom stereocenters. The normalized spacial score (nSPS) is 20.3. The zero-order chi connectivity index (χ0) is 12.0. The topological polar surface area (TPSA) is 12.4 Å². The molecule has 0 aromatic heterocycles. The lowest BCUT2D eigenvalue weighted by atomic mass is 9.70. The third-order valence-corrected chi connectivity index (χ3v) is 3.75. The van der Waals surface area contributed by atoms with Gasteiger partial charge in [0.15, 0.2) is 0 Å². The molecular formula is C14H22NP. The van der Waals surface area contributed by atoms with Crippen molar-refractivity contribution in [1.29, 1.82) is 0 Å². The fourth-order valence-corrected chi connectivity index (χ4v) is 3.12. The Morgan fingerprint density at radius 3 is 2.38 bits per heavy atom. The van der Waals surface area contributed by atoms with Gasteiger partial charge in [0.05, 0.1) is 0 Å². The first kappa shape index (κ1) is 13.4. The molecular weight excluding hydrogens is 213 g/mol. The number of hydrogen-bond acceptors (Lipinski definition) is 1. The minimum Gasteiger partial charge on any atom is -0.266 e. The summed E-state index contributed by atoms with van der Waals surface area (Å²) in [4.78, 5) is 0. The summed E-state index contributed by atoms with van der Waals surface area (Å²) in [6.45, 7) is 12.0. The van der Waals surface area contributed by atoms with Crippen LogP contribution < -0.4 is 0 Å². The van der Waals surface area contributed by atoms with Crippen molar-refractivity contribution in [2.75, 3.05) is 13.3 Å². The van der Waals surface area contributed by atoms with Gasteiger partial charge in [-0.3, -0.25) is 4.76 Å². The molecule has 0 N–H and O–H groups in total. The third-order valence-electron chi connectivity index (χ3n) is 3.14. The average Bonchev–Trinajstić information content (AvgIpc) is 2.27. The van der Waals surface area contributed by atoms with E-state index in [-0.39, 0.29) is 13.5 Å². The van der Waals surface area contributed by atoms with Gasteiger partial charge in [0, 0.05) is 19.2 Å². The first-order chi connectivity index (χ1) is 7.64. The number of nitrogens with zero attached hydrogens (tertiary/aromatic N) is 1. The van der Waals surface area contributed by atoms with Crippen molar-refractivity contribution in [1.82, 2.24) is 0 Å². The van der Waals surface area contributed by atoms with Crippen LogP contribution in [0.5, 0.6) is 0 Å². The summed E-state index contributed by atoms with van der Waals surface area (Å²) in [5, 5.41) is 0. The Morgan fingerprint density at radius 1 is 1.31 bits per heavy atom. The van der Waals surface area contributed by atoms with Gasteiger partial charge >= 0.3 is 0 Å². The molecule has 0 aromatic carbocycles. The second-order valence-corrected chi connectivity index (χ2v) is 6.50. The summed E-state index contributed by atoms with van der Waals surface area (Å²) in [6.07, 6.45) is 10.3. The molecule has 0 heterocycles. The van der Waals surface area contributed by atoms with Crippen LogP contribution in [0.25, 0.3) is 0 Å². The van der Waals surface area contributed by atoms with E-state index in [0.717, 1.165) is 5.71 Å². The highest BCUT2D eigenvalue weighted by Gasteiger charge is 2.33. The monoisotopic (exact) mass is 235 g/mol. The smallest absolute Gasteiger partial charge is 0.0491 e. The first-order valence-electron chi connectivity index (χ1n) is 5.90. The molecule has 1 saturated carbocycles. The summed E-state index contributed by atoms with van der Waals surface area (Å²) < 4.78 is 4.77. The van der Waals surface area contributed by atoms with Gasteiger partial charge in [-0.05, 0) is 38.3 Å². The third kappa shape index (κ3) is 3.17. The van der Waals surface area contributed by atoms with E-state index in [4.69, 9.17) is 4.76 Å². The summed E-state index contributed by atoms with van der Waals surface area (Å²) >= 11 is 0. The standard InChI is InChI=1S/C14H22NP/c1-5-10-14(11-8-7-9-12-14)13(6-2)15-16(3)4/h6,10H,1-2,7-9,11-12H2,3-4H3. The van der Waals surface area contributed by atoms with E-state index >= 15 is 0 Å². The molecule has 0 amide bonds. The number of rotatable bonds is 4. The molecule has 0 bridgehead atoms. The predicted octanol–water partition coefficient (Wildman–Crippen LogP) is 4.56. The van der Waals surface area contributed by atoms with E-state index in [1.54, 1.807) is 0 Å². The minimum atomic E-state index is -0.264. The highest BCUT2D eigenvalue weighted by atomic mass is 31.1. The second kappa shape index (κ2) is 6.18. The summed E-state index contributed by atoms with van der Waals surface area (Å²) in [7, 11) is -0.264. The fourth-order valence-electron chi connectivity index (χ4n) is 2.41. The largest absolute Gasteiger partial charge is 0.266 e. The second-order valence-electron chi connectivity index (χ2n) is 4.60. The van der Waals surface area contributed by atoms with E-state index in [1.807, 2.05) is 6.08 Å². The molecule has 1 rings (SSSR count). The van der Waals surface area contributed by atoms with Gasteiger partial charge in [-0.25, -0.2) is 0 Å². The van der Waals surface area contributed by atoms with Crippen LogP contribution in [-0.2, 0) is 0 Å². The summed E-state index contributed by atoms with van der Waals surface area (Å²) in [6, 6.07) is 0. The Labute approximate surface area is 101 Å². The summed E-state index contributed by atoms with van der Waals surface area (Å²) in [5.74, 6) is 0. The molecule has 2 heteroatoms. The van der Waals surface area contributed by atoms with Crippen LogP contribution in [0.15, 0.2) is 35.8 Å². The molecule has 16 heavy (non-hydrogen) atoms. The van der Waals surface area contributed by atoms with Gasteiger partial charge < -0.3 is 0 Å².